The molecular formula is C28H21N5O2S2. The molecule has 3 heterocycles. The van der Waals surface area contributed by atoms with Gasteiger partial charge in [-0.25, -0.2) is 0 Å². The first kappa shape index (κ1) is 23.3. The number of hydrogen-bond donors (Lipinski definition) is 0. The van der Waals surface area contributed by atoms with Crippen molar-refractivity contribution < 1.29 is 9.53 Å². The molecule has 6 rings (SSSR count). The number of fused-ring (bicyclic) bond motifs is 2. The van der Waals surface area contributed by atoms with Crippen LogP contribution in [0, 0.1) is 0 Å². The minimum absolute atomic E-state index is 0.0302. The summed E-state index contributed by atoms with van der Waals surface area (Å²) in [5, 5.41) is 9.54. The predicted molar refractivity (Wildman–Crippen MR) is 146 cm³/mol. The summed E-state index contributed by atoms with van der Waals surface area (Å²) in [4.78, 5) is 21.9. The van der Waals surface area contributed by atoms with Gasteiger partial charge in [-0.2, -0.15) is 0 Å². The van der Waals surface area contributed by atoms with Crippen molar-refractivity contribution in [3.05, 3.63) is 97.3 Å². The molecular weight excluding hydrogens is 502 g/mol. The lowest BCUT2D eigenvalue weighted by Crippen LogP contribution is -2.30. The van der Waals surface area contributed by atoms with Crippen LogP contribution in [-0.4, -0.2) is 38.5 Å². The van der Waals surface area contributed by atoms with Crippen LogP contribution >= 0.6 is 23.5 Å². The maximum absolute atomic E-state index is 13.7. The lowest BCUT2D eigenvalue weighted by molar-refractivity contribution is -0.115. The number of benzene rings is 3. The molecule has 0 unspecified atom stereocenters. The Kier molecular flexibility index (Phi) is 6.38. The van der Waals surface area contributed by atoms with E-state index in [2.05, 4.69) is 15.2 Å². The number of nitrogens with zero attached hydrogens (tertiary/aromatic N) is 5. The van der Waals surface area contributed by atoms with Crippen LogP contribution in [-0.2, 0) is 4.79 Å². The van der Waals surface area contributed by atoms with Crippen molar-refractivity contribution in [2.45, 2.75) is 14.9 Å². The average Bonchev–Trinajstić information content (AvgIpc) is 3.39. The summed E-state index contributed by atoms with van der Waals surface area (Å²) in [7, 11) is 1.64. The molecule has 37 heavy (non-hydrogen) atoms. The van der Waals surface area contributed by atoms with Gasteiger partial charge in [-0.15, -0.1) is 10.2 Å². The normalized spacial score (nSPS) is 12.1. The highest BCUT2D eigenvalue weighted by Crippen LogP contribution is 2.48. The summed E-state index contributed by atoms with van der Waals surface area (Å²) < 4.78 is 7.27. The molecule has 9 heteroatoms. The second-order valence-electron chi connectivity index (χ2n) is 8.14. The van der Waals surface area contributed by atoms with Crippen LogP contribution in [0.15, 0.2) is 112 Å². The molecule has 3 aromatic carbocycles. The monoisotopic (exact) mass is 523 g/mol. The Labute approximate surface area is 222 Å². The molecule has 0 radical (unpaired) electrons. The predicted octanol–water partition coefficient (Wildman–Crippen LogP) is 6.26. The van der Waals surface area contributed by atoms with Gasteiger partial charge in [0.25, 0.3) is 0 Å². The molecule has 0 aliphatic carbocycles. The van der Waals surface area contributed by atoms with Gasteiger partial charge >= 0.3 is 0 Å². The average molecular weight is 524 g/mol. The van der Waals surface area contributed by atoms with Gasteiger partial charge in [0.05, 0.1) is 24.2 Å². The fourth-order valence-electron chi connectivity index (χ4n) is 4.17. The van der Waals surface area contributed by atoms with E-state index in [0.717, 1.165) is 38.2 Å². The highest BCUT2D eigenvalue weighted by molar-refractivity contribution is 8.00. The third-order valence-electron chi connectivity index (χ3n) is 5.89. The second-order valence-corrected chi connectivity index (χ2v) is 10.2. The molecule has 1 aliphatic heterocycles. The Balaban J connectivity index is 1.34. The van der Waals surface area contributed by atoms with E-state index < -0.39 is 0 Å². The zero-order valence-corrected chi connectivity index (χ0v) is 21.4. The zero-order chi connectivity index (χ0) is 25.2. The van der Waals surface area contributed by atoms with Crippen LogP contribution in [0.4, 0.5) is 11.4 Å². The number of para-hydroxylation sites is 2. The summed E-state index contributed by atoms with van der Waals surface area (Å²) in [6, 6.07) is 27.5. The SMILES string of the molecule is COc1ccc(-n2c(SCC(=O)N3c4ccccc4Sc4ccccc43)nnc2-c2cccnc2)cc1. The minimum atomic E-state index is -0.0302. The maximum Gasteiger partial charge on any atom is 0.242 e. The van der Waals surface area contributed by atoms with Crippen molar-refractivity contribution in [2.75, 3.05) is 17.8 Å². The smallest absolute Gasteiger partial charge is 0.242 e. The molecule has 0 saturated heterocycles. The number of methoxy groups -OCH3 is 1. The van der Waals surface area contributed by atoms with E-state index in [4.69, 9.17) is 4.74 Å². The van der Waals surface area contributed by atoms with Gasteiger partial charge in [-0.1, -0.05) is 47.8 Å². The van der Waals surface area contributed by atoms with E-state index >= 15 is 0 Å². The third kappa shape index (κ3) is 4.47. The van der Waals surface area contributed by atoms with Crippen LogP contribution in [0.5, 0.6) is 5.75 Å². The first-order valence-corrected chi connectivity index (χ1v) is 13.3. The first-order valence-electron chi connectivity index (χ1n) is 11.5. The molecule has 2 aromatic heterocycles. The maximum atomic E-state index is 13.7. The van der Waals surface area contributed by atoms with Crippen molar-refractivity contribution in [1.29, 1.82) is 0 Å². The van der Waals surface area contributed by atoms with Gasteiger partial charge in [0.2, 0.25) is 5.91 Å². The number of amides is 1. The number of pyridine rings is 1. The quantitative estimate of drug-likeness (QED) is 0.243. The van der Waals surface area contributed by atoms with Crippen molar-refractivity contribution in [3.8, 4) is 22.8 Å². The van der Waals surface area contributed by atoms with Gasteiger partial charge in [0.15, 0.2) is 11.0 Å². The third-order valence-corrected chi connectivity index (χ3v) is 7.93. The standard InChI is InChI=1S/C28H21N5O2S2/c1-35-21-14-12-20(13-15-21)32-27(19-7-6-16-29-17-19)30-31-28(32)36-18-26(34)33-22-8-2-4-10-24(22)37-25-11-5-3-9-23(25)33/h2-17H,18H2,1H3. The number of carbonyl (C=O) groups excluding carboxylic acids is 1. The Bertz CT molecular complexity index is 1530. The molecule has 7 nitrogen and oxygen atoms in total. The molecule has 1 amide bonds. The summed E-state index contributed by atoms with van der Waals surface area (Å²) in [6.07, 6.45) is 3.47. The van der Waals surface area contributed by atoms with E-state index in [0.29, 0.717) is 11.0 Å². The molecule has 0 bridgehead atoms. The summed E-state index contributed by atoms with van der Waals surface area (Å²) in [6.45, 7) is 0. The number of carbonyl (C=O) groups is 1. The van der Waals surface area contributed by atoms with Crippen molar-refractivity contribution in [2.24, 2.45) is 0 Å². The lowest BCUT2D eigenvalue weighted by Gasteiger charge is -2.30. The molecule has 0 saturated carbocycles. The first-order chi connectivity index (χ1) is 18.2. The number of anilines is 2. The molecule has 0 spiro atoms. The molecule has 1 aliphatic rings. The Morgan fingerprint density at radius 2 is 1.59 bits per heavy atom. The van der Waals surface area contributed by atoms with Gasteiger partial charge in [0, 0.05) is 33.4 Å². The highest BCUT2D eigenvalue weighted by Gasteiger charge is 2.28. The van der Waals surface area contributed by atoms with Gasteiger partial charge in [-0.05, 0) is 60.7 Å². The van der Waals surface area contributed by atoms with Gasteiger partial charge in [-0.3, -0.25) is 19.2 Å². The fourth-order valence-corrected chi connectivity index (χ4v) is 6.03. The van der Waals surface area contributed by atoms with Crippen LogP contribution in [0.2, 0.25) is 0 Å². The lowest BCUT2D eigenvalue weighted by atomic mass is 10.2. The van der Waals surface area contributed by atoms with Gasteiger partial charge < -0.3 is 4.74 Å². The topological polar surface area (TPSA) is 73.1 Å². The van der Waals surface area contributed by atoms with E-state index in [1.54, 1.807) is 31.3 Å². The minimum Gasteiger partial charge on any atom is -0.497 e. The number of thioether (sulfide) groups is 1. The van der Waals surface area contributed by atoms with E-state index in [9.17, 15) is 4.79 Å². The van der Waals surface area contributed by atoms with Crippen LogP contribution in [0.3, 0.4) is 0 Å². The molecule has 0 fully saturated rings. The number of ether oxygens (including phenoxy) is 1. The molecule has 5 aromatic rings. The number of hydrogen-bond acceptors (Lipinski definition) is 7. The van der Waals surface area contributed by atoms with E-state index in [-0.39, 0.29) is 11.7 Å². The van der Waals surface area contributed by atoms with Crippen LogP contribution < -0.4 is 9.64 Å². The zero-order valence-electron chi connectivity index (χ0n) is 19.8. The summed E-state index contributed by atoms with van der Waals surface area (Å²) in [5.41, 5.74) is 3.48. The van der Waals surface area contributed by atoms with Crippen molar-refractivity contribution in [1.82, 2.24) is 19.7 Å². The summed E-state index contributed by atoms with van der Waals surface area (Å²) >= 11 is 3.04. The Morgan fingerprint density at radius 3 is 2.24 bits per heavy atom. The largest absolute Gasteiger partial charge is 0.497 e. The number of rotatable bonds is 6. The van der Waals surface area contributed by atoms with Crippen molar-refractivity contribution >= 4 is 40.8 Å². The van der Waals surface area contributed by atoms with Gasteiger partial charge in [0.1, 0.15) is 5.75 Å². The highest BCUT2D eigenvalue weighted by atomic mass is 32.2. The van der Waals surface area contributed by atoms with E-state index in [1.165, 1.54) is 11.8 Å². The fraction of sp³-hybridized carbons (Fsp3) is 0.0714. The van der Waals surface area contributed by atoms with E-state index in [1.807, 2.05) is 94.4 Å². The second kappa shape index (κ2) is 10.1. The molecule has 182 valence electrons. The molecule has 0 atom stereocenters. The Hall–Kier alpha value is -4.08. The van der Waals surface area contributed by atoms with Crippen molar-refractivity contribution in [3.63, 3.8) is 0 Å². The summed E-state index contributed by atoms with van der Waals surface area (Å²) in [5.74, 6) is 1.56. The Morgan fingerprint density at radius 1 is 0.892 bits per heavy atom. The number of aromatic nitrogens is 4. The molecule has 0 N–H and O–H groups in total. The van der Waals surface area contributed by atoms with Crippen LogP contribution in [0.1, 0.15) is 0 Å². The van der Waals surface area contributed by atoms with Crippen LogP contribution in [0.25, 0.3) is 17.1 Å².